The lowest BCUT2D eigenvalue weighted by molar-refractivity contribution is -0.147. The zero-order valence-corrected chi connectivity index (χ0v) is 24.4. The lowest BCUT2D eigenvalue weighted by atomic mass is 9.81. The minimum Gasteiger partial charge on any atom is -0.481 e. The number of unbranched alkanes of at least 4 members (excludes halogenated alkanes) is 2. The summed E-state index contributed by atoms with van der Waals surface area (Å²) in [5.41, 5.74) is 0.910. The molecular weight excluding hydrogens is 520 g/mol. The van der Waals surface area contributed by atoms with Gasteiger partial charge in [0, 0.05) is 28.9 Å². The fraction of sp³-hybridized carbons (Fsp3) is 0.441. The van der Waals surface area contributed by atoms with Crippen molar-refractivity contribution in [3.63, 3.8) is 0 Å². The molecule has 0 atom stereocenters. The molecular formula is C34H40O7. The zero-order chi connectivity index (χ0) is 30.4. The first-order chi connectivity index (χ1) is 19.3. The Morgan fingerprint density at radius 1 is 0.683 bits per heavy atom. The summed E-state index contributed by atoms with van der Waals surface area (Å²) >= 11 is 0. The van der Waals surface area contributed by atoms with Crippen LogP contribution in [0.15, 0.2) is 59.7 Å². The fourth-order valence-corrected chi connectivity index (χ4v) is 5.03. The minimum atomic E-state index is -0.879. The van der Waals surface area contributed by atoms with Gasteiger partial charge in [-0.25, -0.2) is 0 Å². The molecule has 1 aromatic rings. The zero-order valence-electron chi connectivity index (χ0n) is 24.4. The Labute approximate surface area is 241 Å². The van der Waals surface area contributed by atoms with Crippen molar-refractivity contribution < 1.29 is 34.2 Å². The van der Waals surface area contributed by atoms with Gasteiger partial charge < -0.3 is 10.2 Å². The monoisotopic (exact) mass is 560 g/mol. The highest BCUT2D eigenvalue weighted by Gasteiger charge is 2.30. The largest absolute Gasteiger partial charge is 0.481 e. The summed E-state index contributed by atoms with van der Waals surface area (Å²) in [7, 11) is 0. The maximum atomic E-state index is 13.5. The van der Waals surface area contributed by atoms with Gasteiger partial charge in [-0.05, 0) is 93.2 Å². The molecule has 0 unspecified atom stereocenters. The van der Waals surface area contributed by atoms with Gasteiger partial charge >= 0.3 is 5.97 Å². The summed E-state index contributed by atoms with van der Waals surface area (Å²) < 4.78 is 0. The second-order valence-corrected chi connectivity index (χ2v) is 12.4. The first kappa shape index (κ1) is 31.8. The van der Waals surface area contributed by atoms with Crippen LogP contribution in [0.1, 0.15) is 90.2 Å². The summed E-state index contributed by atoms with van der Waals surface area (Å²) in [4.78, 5) is 63.7. The van der Waals surface area contributed by atoms with Gasteiger partial charge in [0.15, 0.2) is 23.1 Å². The van der Waals surface area contributed by atoms with Crippen LogP contribution in [0.5, 0.6) is 0 Å². The molecule has 1 aromatic carbocycles. The van der Waals surface area contributed by atoms with Gasteiger partial charge in [0.05, 0.1) is 5.41 Å². The van der Waals surface area contributed by atoms with Crippen molar-refractivity contribution >= 4 is 40.2 Å². The average molecular weight is 561 g/mol. The molecule has 41 heavy (non-hydrogen) atoms. The third-order valence-electron chi connectivity index (χ3n) is 7.84. The first-order valence-electron chi connectivity index (χ1n) is 14.2. The van der Waals surface area contributed by atoms with Crippen LogP contribution in [0, 0.1) is 10.8 Å². The van der Waals surface area contributed by atoms with Crippen LogP contribution in [0.25, 0.3) is 11.1 Å². The number of rotatable bonds is 14. The van der Waals surface area contributed by atoms with Crippen LogP contribution in [0.4, 0.5) is 0 Å². The molecule has 0 radical (unpaired) electrons. The summed E-state index contributed by atoms with van der Waals surface area (Å²) in [6.07, 6.45) is 9.89. The molecule has 0 spiro atoms. The highest BCUT2D eigenvalue weighted by atomic mass is 16.4. The fourth-order valence-electron chi connectivity index (χ4n) is 5.03. The molecule has 0 fully saturated rings. The van der Waals surface area contributed by atoms with Crippen molar-refractivity contribution in [3.05, 3.63) is 70.8 Å². The predicted molar refractivity (Wildman–Crippen MR) is 158 cm³/mol. The Kier molecular flexibility index (Phi) is 10.3. The molecule has 0 aliphatic heterocycles. The third-order valence-corrected chi connectivity index (χ3v) is 7.84. The Morgan fingerprint density at radius 2 is 1.12 bits per heavy atom. The van der Waals surface area contributed by atoms with Crippen LogP contribution in [-0.2, 0) is 24.0 Å². The molecule has 218 valence electrons. The molecule has 0 amide bonds. The molecule has 2 aliphatic carbocycles. The standard InChI is InChI=1S/C34H40O7/c1-33(2,21-35)15-9-7-11-22-17-24(36)19-28(30(22)38)26-13-5-6-14-27(26)29-20-25(37)18-23(31(29)39)12-8-10-16-34(3,4)32(40)41/h5-6,13-14,17-20,35H,7-12,15-16,21H2,1-4H3,(H,40,41). The smallest absolute Gasteiger partial charge is 0.309 e. The molecule has 2 aliphatic rings. The lowest BCUT2D eigenvalue weighted by Crippen LogP contribution is -2.23. The van der Waals surface area contributed by atoms with E-state index < -0.39 is 11.4 Å². The Morgan fingerprint density at radius 3 is 1.54 bits per heavy atom. The number of allylic oxidation sites excluding steroid dienone is 8. The number of carboxylic acids is 1. The van der Waals surface area contributed by atoms with Gasteiger partial charge in [-0.3, -0.25) is 24.0 Å². The topological polar surface area (TPSA) is 126 Å². The van der Waals surface area contributed by atoms with Crippen molar-refractivity contribution in [3.8, 4) is 0 Å². The van der Waals surface area contributed by atoms with Crippen LogP contribution >= 0.6 is 0 Å². The normalized spacial score (nSPS) is 16.3. The highest BCUT2D eigenvalue weighted by molar-refractivity contribution is 6.40. The van der Waals surface area contributed by atoms with E-state index in [1.165, 1.54) is 24.3 Å². The van der Waals surface area contributed by atoms with E-state index in [4.69, 9.17) is 0 Å². The van der Waals surface area contributed by atoms with Gasteiger partial charge in [0.2, 0.25) is 0 Å². The first-order valence-corrected chi connectivity index (χ1v) is 14.2. The molecule has 0 saturated heterocycles. The second kappa shape index (κ2) is 13.3. The van der Waals surface area contributed by atoms with E-state index in [0.717, 1.165) is 12.8 Å². The van der Waals surface area contributed by atoms with Crippen LogP contribution in [-0.4, -0.2) is 45.9 Å². The molecule has 2 N–H and O–H groups in total. The van der Waals surface area contributed by atoms with Crippen molar-refractivity contribution in [1.82, 2.24) is 0 Å². The van der Waals surface area contributed by atoms with Crippen molar-refractivity contribution in [2.45, 2.75) is 79.1 Å². The van der Waals surface area contributed by atoms with Crippen LogP contribution < -0.4 is 0 Å². The number of ketones is 4. The Balaban J connectivity index is 1.77. The Bertz CT molecular complexity index is 1360. The van der Waals surface area contributed by atoms with E-state index in [2.05, 4.69) is 0 Å². The van der Waals surface area contributed by atoms with Gasteiger partial charge in [-0.1, -0.05) is 51.0 Å². The van der Waals surface area contributed by atoms with E-state index >= 15 is 0 Å². The van der Waals surface area contributed by atoms with Gasteiger partial charge in [-0.2, -0.15) is 0 Å². The van der Waals surface area contributed by atoms with E-state index in [9.17, 15) is 34.2 Å². The van der Waals surface area contributed by atoms with Gasteiger partial charge in [0.1, 0.15) is 0 Å². The van der Waals surface area contributed by atoms with E-state index in [0.29, 0.717) is 60.8 Å². The van der Waals surface area contributed by atoms with E-state index in [1.807, 2.05) is 13.8 Å². The summed E-state index contributed by atoms with van der Waals surface area (Å²) in [5, 5.41) is 18.8. The number of benzene rings is 1. The second-order valence-electron chi connectivity index (χ2n) is 12.4. The summed E-state index contributed by atoms with van der Waals surface area (Å²) in [5.74, 6) is -2.10. The molecule has 3 rings (SSSR count). The number of hydrogen-bond donors (Lipinski definition) is 2. The lowest BCUT2D eigenvalue weighted by Gasteiger charge is -2.22. The molecule has 7 nitrogen and oxygen atoms in total. The predicted octanol–water partition coefficient (Wildman–Crippen LogP) is 5.86. The Hall–Kier alpha value is -3.71. The number of aliphatic carboxylic acids is 1. The maximum absolute atomic E-state index is 13.5. The number of hydrogen-bond acceptors (Lipinski definition) is 6. The third kappa shape index (κ3) is 8.17. The molecule has 0 aromatic heterocycles. The van der Waals surface area contributed by atoms with Gasteiger partial charge in [0.25, 0.3) is 0 Å². The molecule has 0 saturated carbocycles. The number of aliphatic hydroxyl groups excluding tert-OH is 1. The molecule has 7 heteroatoms. The molecule has 0 heterocycles. The van der Waals surface area contributed by atoms with Crippen LogP contribution in [0.3, 0.4) is 0 Å². The number of carbonyl (C=O) groups excluding carboxylic acids is 4. The highest BCUT2D eigenvalue weighted by Crippen LogP contribution is 2.35. The quantitative estimate of drug-likeness (QED) is 0.216. The number of carboxylic acid groups (broad SMARTS) is 1. The van der Waals surface area contributed by atoms with Crippen LogP contribution in [0.2, 0.25) is 0 Å². The number of Topliss-reactive ketones (excluding diaryl/α,β-unsaturated/α-hetero) is 2. The minimum absolute atomic E-state index is 0.0770. The van der Waals surface area contributed by atoms with Gasteiger partial charge in [-0.15, -0.1) is 0 Å². The van der Waals surface area contributed by atoms with E-state index in [1.54, 1.807) is 38.1 Å². The molecule has 0 bridgehead atoms. The summed E-state index contributed by atoms with van der Waals surface area (Å²) in [6.45, 7) is 7.35. The number of aliphatic hydroxyl groups is 1. The van der Waals surface area contributed by atoms with Crippen molar-refractivity contribution in [2.24, 2.45) is 10.8 Å². The van der Waals surface area contributed by atoms with Crippen molar-refractivity contribution in [2.75, 3.05) is 6.61 Å². The SMILES string of the molecule is CC(C)(CO)CCCCC1=CC(=O)C=C(c2ccccc2C2=CC(=O)C=C(CCCCC(C)(C)C(=O)O)C2=O)C1=O. The van der Waals surface area contributed by atoms with Crippen molar-refractivity contribution in [1.29, 1.82) is 0 Å². The maximum Gasteiger partial charge on any atom is 0.309 e. The summed E-state index contributed by atoms with van der Waals surface area (Å²) in [6, 6.07) is 6.81. The van der Waals surface area contributed by atoms with E-state index in [-0.39, 0.29) is 46.3 Å². The number of carbonyl (C=O) groups is 5. The average Bonchev–Trinajstić information content (AvgIpc) is 2.92.